The van der Waals surface area contributed by atoms with Crippen LogP contribution in [0.25, 0.3) is 0 Å². The smallest absolute Gasteiger partial charge is 0.356 e. The molecular formula is C21H18INO3S. The molecule has 0 spiro atoms. The van der Waals surface area contributed by atoms with Crippen LogP contribution in [0.2, 0.25) is 0 Å². The van der Waals surface area contributed by atoms with E-state index in [0.717, 1.165) is 22.5 Å². The molecule has 0 unspecified atom stereocenters. The highest BCUT2D eigenvalue weighted by molar-refractivity contribution is 14.1. The summed E-state index contributed by atoms with van der Waals surface area (Å²) in [7, 11) is 0. The van der Waals surface area contributed by atoms with Crippen molar-refractivity contribution in [2.75, 3.05) is 10.2 Å². The minimum Gasteiger partial charge on any atom is -0.448 e. The second-order valence-electron chi connectivity index (χ2n) is 6.43. The minimum atomic E-state index is -0.507. The van der Waals surface area contributed by atoms with Gasteiger partial charge in [0.25, 0.3) is 0 Å². The second kappa shape index (κ2) is 8.06. The number of thioether (sulfide) groups is 1. The quantitative estimate of drug-likeness (QED) is 0.271. The van der Waals surface area contributed by atoms with Crippen molar-refractivity contribution < 1.29 is 14.3 Å². The molecule has 2 aliphatic rings. The maximum absolute atomic E-state index is 13.2. The highest BCUT2D eigenvalue weighted by Crippen LogP contribution is 2.41. The average Bonchev–Trinajstić information content (AvgIpc) is 2.71. The average molecular weight is 491 g/mol. The van der Waals surface area contributed by atoms with Crippen LogP contribution < -0.4 is 0 Å². The van der Waals surface area contributed by atoms with E-state index in [-0.39, 0.29) is 11.3 Å². The number of alkyl halides is 1. The van der Waals surface area contributed by atoms with Gasteiger partial charge >= 0.3 is 5.97 Å². The van der Waals surface area contributed by atoms with Gasteiger partial charge in [0, 0.05) is 10.2 Å². The van der Waals surface area contributed by atoms with Gasteiger partial charge in [-0.2, -0.15) is 0 Å². The Hall–Kier alpha value is -1.80. The Labute approximate surface area is 176 Å². The van der Waals surface area contributed by atoms with E-state index < -0.39 is 12.1 Å². The molecule has 2 aromatic rings. The zero-order valence-corrected chi connectivity index (χ0v) is 17.5. The number of rotatable bonds is 5. The first-order chi connectivity index (χ1) is 13.2. The number of benzene rings is 2. The minimum absolute atomic E-state index is 0.00234. The van der Waals surface area contributed by atoms with Crippen LogP contribution in [0.15, 0.2) is 71.9 Å². The molecule has 1 atom stereocenters. The second-order valence-corrected chi connectivity index (χ2v) is 8.35. The van der Waals surface area contributed by atoms with Gasteiger partial charge in [0.15, 0.2) is 6.10 Å². The SMILES string of the molecule is O=C(OC(c1ccccc1)c1ccccc1)C1=C(CI)CS[C@@H]2CC(=O)N12. The maximum atomic E-state index is 13.2. The summed E-state index contributed by atoms with van der Waals surface area (Å²) >= 11 is 3.96. The fourth-order valence-corrected chi connectivity index (χ4v) is 5.58. The molecule has 1 amide bonds. The van der Waals surface area contributed by atoms with Gasteiger partial charge < -0.3 is 4.74 Å². The van der Waals surface area contributed by atoms with Crippen molar-refractivity contribution in [2.45, 2.75) is 17.9 Å². The summed E-state index contributed by atoms with van der Waals surface area (Å²) in [6, 6.07) is 19.4. The van der Waals surface area contributed by atoms with Crippen LogP contribution in [-0.2, 0) is 14.3 Å². The maximum Gasteiger partial charge on any atom is 0.356 e. The standard InChI is InChI=1S/C21H18INO3S/c22-12-16-13-27-18-11-17(24)23(18)19(16)21(25)26-20(14-7-3-1-4-8-14)15-9-5-2-6-10-15/h1-10,18,20H,11-13H2/t18-/m1/s1. The van der Waals surface area contributed by atoms with Gasteiger partial charge in [-0.1, -0.05) is 83.3 Å². The molecule has 4 nitrogen and oxygen atoms in total. The van der Waals surface area contributed by atoms with Gasteiger partial charge in [-0.3, -0.25) is 9.69 Å². The Morgan fingerprint density at radius 3 is 2.22 bits per heavy atom. The summed E-state index contributed by atoms with van der Waals surface area (Å²) in [6.07, 6.45) is -0.0104. The number of halogens is 1. The van der Waals surface area contributed by atoms with Crippen molar-refractivity contribution in [2.24, 2.45) is 0 Å². The molecule has 2 aliphatic heterocycles. The largest absolute Gasteiger partial charge is 0.448 e. The summed E-state index contributed by atoms with van der Waals surface area (Å²) in [6.45, 7) is 0. The Morgan fingerprint density at radius 2 is 1.70 bits per heavy atom. The zero-order chi connectivity index (χ0) is 18.8. The van der Waals surface area contributed by atoms with Gasteiger partial charge in [0.1, 0.15) is 5.70 Å². The first-order valence-electron chi connectivity index (χ1n) is 8.71. The van der Waals surface area contributed by atoms with Crippen molar-refractivity contribution in [1.82, 2.24) is 4.90 Å². The predicted octanol–water partition coefficient (Wildman–Crippen LogP) is 4.31. The Kier molecular flexibility index (Phi) is 5.54. The number of fused-ring (bicyclic) bond motifs is 1. The molecule has 0 saturated carbocycles. The van der Waals surface area contributed by atoms with E-state index in [9.17, 15) is 9.59 Å². The van der Waals surface area contributed by atoms with Crippen LogP contribution in [-0.4, -0.2) is 32.3 Å². The van der Waals surface area contributed by atoms with E-state index in [4.69, 9.17) is 4.74 Å². The fourth-order valence-electron chi connectivity index (χ4n) is 3.32. The molecule has 1 saturated heterocycles. The highest BCUT2D eigenvalue weighted by atomic mass is 127. The van der Waals surface area contributed by atoms with Crippen LogP contribution >= 0.6 is 34.4 Å². The van der Waals surface area contributed by atoms with E-state index in [0.29, 0.717) is 16.5 Å². The molecule has 4 rings (SSSR count). The van der Waals surface area contributed by atoms with Crippen LogP contribution in [0.4, 0.5) is 0 Å². The molecule has 1 fully saturated rings. The molecule has 6 heteroatoms. The predicted molar refractivity (Wildman–Crippen MR) is 114 cm³/mol. The first kappa shape index (κ1) is 18.6. The number of esters is 1. The molecule has 27 heavy (non-hydrogen) atoms. The normalized spacial score (nSPS) is 19.0. The van der Waals surface area contributed by atoms with Gasteiger partial charge in [-0.25, -0.2) is 4.79 Å². The summed E-state index contributed by atoms with van der Waals surface area (Å²) in [5, 5.41) is 0.0682. The van der Waals surface area contributed by atoms with E-state index in [1.807, 2.05) is 60.7 Å². The Balaban J connectivity index is 1.67. The Bertz CT molecular complexity index is 845. The number of carbonyl (C=O) groups is 2. The molecule has 2 heterocycles. The monoisotopic (exact) mass is 491 g/mol. The number of nitrogens with zero attached hydrogens (tertiary/aromatic N) is 1. The van der Waals surface area contributed by atoms with Gasteiger partial charge in [0.05, 0.1) is 11.8 Å². The van der Waals surface area contributed by atoms with Crippen molar-refractivity contribution in [3.8, 4) is 0 Å². The third kappa shape index (κ3) is 3.65. The van der Waals surface area contributed by atoms with E-state index in [2.05, 4.69) is 22.6 Å². The number of hydrogen-bond donors (Lipinski definition) is 0. The summed E-state index contributed by atoms with van der Waals surface area (Å²) < 4.78 is 6.69. The molecular weight excluding hydrogens is 473 g/mol. The van der Waals surface area contributed by atoms with Crippen molar-refractivity contribution in [3.05, 3.63) is 83.1 Å². The van der Waals surface area contributed by atoms with E-state index >= 15 is 0 Å². The molecule has 0 aliphatic carbocycles. The van der Waals surface area contributed by atoms with Gasteiger partial charge in [0.2, 0.25) is 5.91 Å². The van der Waals surface area contributed by atoms with Crippen molar-refractivity contribution in [1.29, 1.82) is 0 Å². The lowest BCUT2D eigenvalue weighted by Crippen LogP contribution is -2.54. The summed E-state index contributed by atoms with van der Waals surface area (Å²) in [5.41, 5.74) is 3.23. The van der Waals surface area contributed by atoms with E-state index in [1.54, 1.807) is 16.7 Å². The highest BCUT2D eigenvalue weighted by Gasteiger charge is 2.45. The lowest BCUT2D eigenvalue weighted by Gasteiger charge is -2.44. The molecule has 0 aromatic heterocycles. The lowest BCUT2D eigenvalue weighted by molar-refractivity contribution is -0.151. The molecule has 138 valence electrons. The number of β-lactam (4-membered cyclic amide) rings is 1. The Morgan fingerprint density at radius 1 is 1.11 bits per heavy atom. The van der Waals surface area contributed by atoms with Gasteiger partial charge in [-0.15, -0.1) is 11.8 Å². The molecule has 0 N–H and O–H groups in total. The fraction of sp³-hybridized carbons (Fsp3) is 0.238. The van der Waals surface area contributed by atoms with Crippen molar-refractivity contribution >= 4 is 46.2 Å². The van der Waals surface area contributed by atoms with Gasteiger partial charge in [-0.05, 0) is 16.7 Å². The lowest BCUT2D eigenvalue weighted by atomic mass is 10.0. The number of ether oxygens (including phenoxy) is 1. The topological polar surface area (TPSA) is 46.6 Å². The first-order valence-corrected chi connectivity index (χ1v) is 11.3. The number of hydrogen-bond acceptors (Lipinski definition) is 4. The summed E-state index contributed by atoms with van der Waals surface area (Å²) in [5.74, 6) is 0.346. The zero-order valence-electron chi connectivity index (χ0n) is 14.5. The number of carbonyl (C=O) groups excluding carboxylic acids is 2. The van der Waals surface area contributed by atoms with Crippen LogP contribution in [0.3, 0.4) is 0 Å². The summed E-state index contributed by atoms with van der Waals surface area (Å²) in [4.78, 5) is 26.9. The number of amides is 1. The van der Waals surface area contributed by atoms with Crippen LogP contribution in [0.1, 0.15) is 23.7 Å². The molecule has 0 bridgehead atoms. The van der Waals surface area contributed by atoms with Crippen LogP contribution in [0.5, 0.6) is 0 Å². The van der Waals surface area contributed by atoms with E-state index in [1.165, 1.54) is 0 Å². The molecule has 0 radical (unpaired) electrons. The third-order valence-electron chi connectivity index (χ3n) is 4.72. The third-order valence-corrected chi connectivity index (χ3v) is 6.91. The van der Waals surface area contributed by atoms with Crippen LogP contribution in [0, 0.1) is 0 Å². The molecule has 2 aromatic carbocycles. The van der Waals surface area contributed by atoms with Crippen molar-refractivity contribution in [3.63, 3.8) is 0 Å².